The lowest BCUT2D eigenvalue weighted by atomic mass is 9.98. The first-order valence-electron chi connectivity index (χ1n) is 13.1. The van der Waals surface area contributed by atoms with Crippen molar-refractivity contribution in [2.24, 2.45) is 5.92 Å². The number of likely N-dealkylation sites (tertiary alicyclic amines) is 1. The Labute approximate surface area is 226 Å². The van der Waals surface area contributed by atoms with E-state index in [2.05, 4.69) is 64.4 Å². The van der Waals surface area contributed by atoms with Gasteiger partial charge in [0.05, 0.1) is 12.1 Å². The van der Waals surface area contributed by atoms with Crippen molar-refractivity contribution >= 4 is 33.1 Å². The second kappa shape index (κ2) is 10.9. The number of fused-ring (bicyclic) bond motifs is 2. The Morgan fingerprint density at radius 3 is 2.92 bits per heavy atom. The summed E-state index contributed by atoms with van der Waals surface area (Å²) >= 11 is 1.54. The van der Waals surface area contributed by atoms with Crippen LogP contribution >= 0.6 is 11.3 Å². The Bertz CT molecular complexity index is 1530. The van der Waals surface area contributed by atoms with E-state index >= 15 is 0 Å². The van der Waals surface area contributed by atoms with Crippen LogP contribution in [0, 0.1) is 5.92 Å². The van der Waals surface area contributed by atoms with Crippen LogP contribution in [-0.2, 0) is 13.1 Å². The summed E-state index contributed by atoms with van der Waals surface area (Å²) in [5, 5.41) is 3.14. The van der Waals surface area contributed by atoms with Crippen LogP contribution in [0.4, 0.5) is 0 Å². The van der Waals surface area contributed by atoms with Crippen molar-refractivity contribution in [3.8, 4) is 5.75 Å². The maximum Gasteiger partial charge on any atom is 0.274 e. The number of aromatic nitrogens is 3. The van der Waals surface area contributed by atoms with E-state index in [4.69, 9.17) is 4.74 Å². The molecule has 38 heavy (non-hydrogen) atoms. The number of imidazole rings is 1. The number of thiazole rings is 1. The number of ether oxygens (including phenoxy) is 1. The zero-order valence-corrected chi connectivity index (χ0v) is 22.3. The number of carbonyl (C=O) groups excluding carboxylic acids is 1. The van der Waals surface area contributed by atoms with Crippen LogP contribution in [0.15, 0.2) is 78.6 Å². The van der Waals surface area contributed by atoms with Crippen molar-refractivity contribution in [1.82, 2.24) is 24.2 Å². The van der Waals surface area contributed by atoms with Gasteiger partial charge in [-0.3, -0.25) is 19.1 Å². The average Bonchev–Trinajstić information content (AvgIpc) is 3.55. The van der Waals surface area contributed by atoms with Gasteiger partial charge in [-0.05, 0) is 61.3 Å². The highest BCUT2D eigenvalue weighted by molar-refractivity contribution is 7.15. The van der Waals surface area contributed by atoms with Gasteiger partial charge in [0.2, 0.25) is 0 Å². The summed E-state index contributed by atoms with van der Waals surface area (Å²) in [6, 6.07) is 18.9. The third kappa shape index (κ3) is 5.56. The summed E-state index contributed by atoms with van der Waals surface area (Å²) in [5.74, 6) is 1.20. The Kier molecular flexibility index (Phi) is 7.07. The standard InChI is InChI=1S/C30H31N5O2S/c1-33(18-23-9-10-27-25(15-23)7-3-11-31-27)17-22-5-2-8-26(16-22)37-21-24-6-4-12-34(19-24)29(36)28-20-35-13-14-38-30(35)32-28/h2-3,5,7-11,13-16,20,24H,4,6,12,17-19,21H2,1H3/t24-/m1/s1. The highest BCUT2D eigenvalue weighted by Gasteiger charge is 2.26. The van der Waals surface area contributed by atoms with Crippen molar-refractivity contribution in [1.29, 1.82) is 0 Å². The predicted molar refractivity (Wildman–Crippen MR) is 151 cm³/mol. The summed E-state index contributed by atoms with van der Waals surface area (Å²) in [4.78, 5) is 27.0. The molecule has 0 bridgehead atoms. The van der Waals surface area contributed by atoms with Crippen molar-refractivity contribution < 1.29 is 9.53 Å². The largest absolute Gasteiger partial charge is 0.493 e. The van der Waals surface area contributed by atoms with Gasteiger partial charge in [0, 0.05) is 61.5 Å². The minimum atomic E-state index is 0.0123. The van der Waals surface area contributed by atoms with Gasteiger partial charge in [0.25, 0.3) is 5.91 Å². The minimum Gasteiger partial charge on any atom is -0.493 e. The van der Waals surface area contributed by atoms with E-state index in [0.29, 0.717) is 24.8 Å². The average molecular weight is 526 g/mol. The lowest BCUT2D eigenvalue weighted by Crippen LogP contribution is -2.41. The first-order valence-corrected chi connectivity index (χ1v) is 13.9. The molecule has 0 unspecified atom stereocenters. The van der Waals surface area contributed by atoms with Gasteiger partial charge in [-0.1, -0.05) is 24.3 Å². The highest BCUT2D eigenvalue weighted by Crippen LogP contribution is 2.23. The molecular weight excluding hydrogens is 494 g/mol. The maximum atomic E-state index is 13.0. The summed E-state index contributed by atoms with van der Waals surface area (Å²) in [7, 11) is 2.14. The molecule has 2 aromatic carbocycles. The third-order valence-corrected chi connectivity index (χ3v) is 7.85. The van der Waals surface area contributed by atoms with Gasteiger partial charge >= 0.3 is 0 Å². The van der Waals surface area contributed by atoms with Crippen LogP contribution < -0.4 is 4.74 Å². The third-order valence-electron chi connectivity index (χ3n) is 7.08. The molecule has 6 rings (SSSR count). The van der Waals surface area contributed by atoms with Crippen LogP contribution in [-0.4, -0.2) is 56.8 Å². The van der Waals surface area contributed by atoms with Gasteiger partial charge < -0.3 is 9.64 Å². The molecule has 1 saturated heterocycles. The molecule has 1 atom stereocenters. The zero-order valence-electron chi connectivity index (χ0n) is 21.5. The van der Waals surface area contributed by atoms with Crippen molar-refractivity contribution in [3.63, 3.8) is 0 Å². The Balaban J connectivity index is 1.02. The number of hydrogen-bond acceptors (Lipinski definition) is 6. The lowest BCUT2D eigenvalue weighted by molar-refractivity contribution is 0.0628. The number of benzene rings is 2. The molecular formula is C30H31N5O2S. The van der Waals surface area contributed by atoms with Gasteiger partial charge in [0.1, 0.15) is 11.4 Å². The first-order chi connectivity index (χ1) is 18.6. The maximum absolute atomic E-state index is 13.0. The van der Waals surface area contributed by atoms with E-state index in [9.17, 15) is 4.79 Å². The molecule has 1 fully saturated rings. The van der Waals surface area contributed by atoms with Gasteiger partial charge in [-0.2, -0.15) is 0 Å². The van der Waals surface area contributed by atoms with Crippen LogP contribution in [0.3, 0.4) is 0 Å². The van der Waals surface area contributed by atoms with Crippen LogP contribution in [0.25, 0.3) is 15.9 Å². The molecule has 7 nitrogen and oxygen atoms in total. The van der Waals surface area contributed by atoms with Crippen LogP contribution in [0.5, 0.6) is 5.75 Å². The van der Waals surface area contributed by atoms with E-state index < -0.39 is 0 Å². The number of hydrogen-bond donors (Lipinski definition) is 0. The fourth-order valence-electron chi connectivity index (χ4n) is 5.23. The number of pyridine rings is 1. The molecule has 1 aliphatic heterocycles. The van der Waals surface area contributed by atoms with Crippen molar-refractivity contribution in [2.75, 3.05) is 26.7 Å². The molecule has 5 aromatic rings. The minimum absolute atomic E-state index is 0.0123. The second-order valence-corrected chi connectivity index (χ2v) is 11.0. The van der Waals surface area contributed by atoms with E-state index in [1.807, 2.05) is 45.4 Å². The Hall–Kier alpha value is -3.75. The topological polar surface area (TPSA) is 63.0 Å². The summed E-state index contributed by atoms with van der Waals surface area (Å²) < 4.78 is 8.13. The van der Waals surface area contributed by atoms with Crippen molar-refractivity contribution in [2.45, 2.75) is 25.9 Å². The molecule has 0 spiro atoms. The number of nitrogens with zero attached hydrogens (tertiary/aromatic N) is 5. The molecule has 8 heteroatoms. The van der Waals surface area contributed by atoms with Crippen LogP contribution in [0.1, 0.15) is 34.5 Å². The molecule has 0 saturated carbocycles. The Morgan fingerprint density at radius 2 is 2.03 bits per heavy atom. The smallest absolute Gasteiger partial charge is 0.274 e. The molecule has 3 aromatic heterocycles. The normalized spacial score (nSPS) is 15.9. The molecule has 0 N–H and O–H groups in total. The molecule has 4 heterocycles. The number of piperidine rings is 1. The fraction of sp³-hybridized carbons (Fsp3) is 0.300. The molecule has 0 radical (unpaired) electrons. The number of amides is 1. The quantitative estimate of drug-likeness (QED) is 0.267. The highest BCUT2D eigenvalue weighted by atomic mass is 32.1. The summed E-state index contributed by atoms with van der Waals surface area (Å²) in [5.41, 5.74) is 4.03. The van der Waals surface area contributed by atoms with Gasteiger partial charge in [-0.25, -0.2) is 4.98 Å². The molecule has 0 aliphatic carbocycles. The number of rotatable bonds is 8. The van der Waals surface area contributed by atoms with Gasteiger partial charge in [0.15, 0.2) is 4.96 Å². The molecule has 194 valence electrons. The summed E-state index contributed by atoms with van der Waals surface area (Å²) in [6.45, 7) is 3.77. The zero-order chi connectivity index (χ0) is 25.9. The predicted octanol–water partition coefficient (Wildman–Crippen LogP) is 5.51. The first kappa shape index (κ1) is 24.6. The molecule has 1 amide bonds. The molecule has 1 aliphatic rings. The van der Waals surface area contributed by atoms with E-state index in [1.165, 1.54) is 27.8 Å². The second-order valence-electron chi connectivity index (χ2n) is 10.1. The van der Waals surface area contributed by atoms with E-state index in [0.717, 1.165) is 48.7 Å². The van der Waals surface area contributed by atoms with E-state index in [-0.39, 0.29) is 5.91 Å². The summed E-state index contributed by atoms with van der Waals surface area (Å²) in [6.07, 6.45) is 7.64. The van der Waals surface area contributed by atoms with Crippen LogP contribution in [0.2, 0.25) is 0 Å². The Morgan fingerprint density at radius 1 is 1.13 bits per heavy atom. The van der Waals surface area contributed by atoms with E-state index in [1.54, 1.807) is 0 Å². The number of carbonyl (C=O) groups is 1. The van der Waals surface area contributed by atoms with Gasteiger partial charge in [-0.15, -0.1) is 11.3 Å². The monoisotopic (exact) mass is 525 g/mol. The SMILES string of the molecule is CN(Cc1cccc(OC[C@@H]2CCCN(C(=O)c3cn4ccsc4n3)C2)c1)Cc1ccc2ncccc2c1. The fourth-order valence-corrected chi connectivity index (χ4v) is 5.93. The van der Waals surface area contributed by atoms with Crippen molar-refractivity contribution in [3.05, 3.63) is 95.4 Å². The lowest BCUT2D eigenvalue weighted by Gasteiger charge is -2.32.